The summed E-state index contributed by atoms with van der Waals surface area (Å²) in [5.74, 6) is -0.276. The first kappa shape index (κ1) is 37.2. The third kappa shape index (κ3) is 16.2. The minimum absolute atomic E-state index is 0.135. The molecule has 0 aromatic heterocycles. The molecule has 0 aromatic carbocycles. The summed E-state index contributed by atoms with van der Waals surface area (Å²) in [5, 5.41) is 41.2. The van der Waals surface area contributed by atoms with Crippen LogP contribution in [-0.2, 0) is 14.3 Å². The molecule has 0 amide bonds. The number of carbonyl (C=O) groups is 1. The molecule has 1 fully saturated rings. The maximum atomic E-state index is 11.6. The Labute approximate surface area is 256 Å². The van der Waals surface area contributed by atoms with E-state index >= 15 is 0 Å². The molecule has 4 N–H and O–H groups in total. The normalized spacial score (nSPS) is 23.5. The van der Waals surface area contributed by atoms with Crippen molar-refractivity contribution in [2.75, 3.05) is 0 Å². The molecule has 0 aliphatic carbocycles. The van der Waals surface area contributed by atoms with Gasteiger partial charge in [0, 0.05) is 12.0 Å². The lowest BCUT2D eigenvalue weighted by atomic mass is 9.98. The molecule has 2 heterocycles. The molecule has 0 radical (unpaired) electrons. The summed E-state index contributed by atoms with van der Waals surface area (Å²) < 4.78 is 11.2. The van der Waals surface area contributed by atoms with E-state index in [9.17, 15) is 25.2 Å². The van der Waals surface area contributed by atoms with Gasteiger partial charge in [-0.25, -0.2) is 4.79 Å². The summed E-state index contributed by atoms with van der Waals surface area (Å²) in [5.41, 5.74) is 0.622. The molecule has 7 nitrogen and oxygen atoms in total. The van der Waals surface area contributed by atoms with E-state index in [1.54, 1.807) is 0 Å². The lowest BCUT2D eigenvalue weighted by Crippen LogP contribution is -2.31. The van der Waals surface area contributed by atoms with Crippen LogP contribution in [0, 0.1) is 0 Å². The molecule has 0 spiro atoms. The first-order valence-electron chi connectivity index (χ1n) is 17.6. The molecule has 2 aliphatic rings. The van der Waals surface area contributed by atoms with Crippen molar-refractivity contribution in [3.05, 3.63) is 11.6 Å². The van der Waals surface area contributed by atoms with Crippen molar-refractivity contribution >= 4 is 5.97 Å². The van der Waals surface area contributed by atoms with Crippen LogP contribution in [0.5, 0.6) is 0 Å². The van der Waals surface area contributed by atoms with Gasteiger partial charge in [0.2, 0.25) is 0 Å². The van der Waals surface area contributed by atoms with Crippen LogP contribution in [0.3, 0.4) is 0 Å². The van der Waals surface area contributed by atoms with Crippen molar-refractivity contribution in [3.63, 3.8) is 0 Å². The minimum atomic E-state index is -0.763. The zero-order valence-electron chi connectivity index (χ0n) is 26.9. The van der Waals surface area contributed by atoms with Gasteiger partial charge in [-0.2, -0.15) is 0 Å². The van der Waals surface area contributed by atoms with Gasteiger partial charge in [0.25, 0.3) is 0 Å². The zero-order chi connectivity index (χ0) is 30.6. The predicted octanol–water partition coefficient (Wildman–Crippen LogP) is 7.06. The Morgan fingerprint density at radius 3 is 1.93 bits per heavy atom. The summed E-state index contributed by atoms with van der Waals surface area (Å²) >= 11 is 0. The standard InChI is InChI=1S/C35H64O7/c1-3-4-5-12-17-20-31(37)32(38)22-23-33(39)34-24-21-30(42-34)19-16-14-11-9-7-6-8-10-13-15-18-29(36)26-28-25-27(2)41-35(28)40/h25,27,29-34,36-39H,3-24,26H2,1-2H3/t27-,29+,30+,31-,32+,33-,34-/m0/s1. The van der Waals surface area contributed by atoms with E-state index in [0.717, 1.165) is 51.4 Å². The van der Waals surface area contributed by atoms with Gasteiger partial charge in [-0.15, -0.1) is 0 Å². The summed E-state index contributed by atoms with van der Waals surface area (Å²) in [6.07, 6.45) is 22.7. The van der Waals surface area contributed by atoms with Gasteiger partial charge in [-0.3, -0.25) is 0 Å². The smallest absolute Gasteiger partial charge is 0.334 e. The monoisotopic (exact) mass is 596 g/mol. The number of esters is 1. The van der Waals surface area contributed by atoms with Crippen LogP contribution in [0.2, 0.25) is 0 Å². The lowest BCUT2D eigenvalue weighted by Gasteiger charge is -2.22. The van der Waals surface area contributed by atoms with Gasteiger partial charge in [-0.05, 0) is 57.9 Å². The van der Waals surface area contributed by atoms with E-state index in [0.29, 0.717) is 31.3 Å². The van der Waals surface area contributed by atoms with Crippen molar-refractivity contribution in [3.8, 4) is 0 Å². The molecule has 42 heavy (non-hydrogen) atoms. The minimum Gasteiger partial charge on any atom is -0.455 e. The summed E-state index contributed by atoms with van der Waals surface area (Å²) in [7, 11) is 0. The van der Waals surface area contributed by atoms with Gasteiger partial charge in [0.15, 0.2) is 0 Å². The van der Waals surface area contributed by atoms with Gasteiger partial charge < -0.3 is 29.9 Å². The van der Waals surface area contributed by atoms with E-state index in [1.165, 1.54) is 70.6 Å². The second kappa shape index (κ2) is 22.5. The van der Waals surface area contributed by atoms with Gasteiger partial charge in [0.1, 0.15) is 6.10 Å². The highest BCUT2D eigenvalue weighted by Gasteiger charge is 2.31. The number of rotatable bonds is 26. The largest absolute Gasteiger partial charge is 0.455 e. The highest BCUT2D eigenvalue weighted by atomic mass is 16.5. The van der Waals surface area contributed by atoms with Crippen LogP contribution < -0.4 is 0 Å². The summed E-state index contributed by atoms with van der Waals surface area (Å²) in [6, 6.07) is 0. The van der Waals surface area contributed by atoms with Gasteiger partial charge >= 0.3 is 5.97 Å². The third-order valence-electron chi connectivity index (χ3n) is 9.14. The average Bonchev–Trinajstić information content (AvgIpc) is 3.57. The topological polar surface area (TPSA) is 116 Å². The Hall–Kier alpha value is -0.990. The Morgan fingerprint density at radius 1 is 0.738 bits per heavy atom. The molecular formula is C35H64O7. The predicted molar refractivity (Wildman–Crippen MR) is 168 cm³/mol. The second-order valence-electron chi connectivity index (χ2n) is 13.1. The second-order valence-corrected chi connectivity index (χ2v) is 13.1. The Balaban J connectivity index is 1.37. The molecule has 0 saturated carbocycles. The summed E-state index contributed by atoms with van der Waals surface area (Å²) in [6.45, 7) is 4.03. The molecule has 1 saturated heterocycles. The quantitative estimate of drug-likeness (QED) is 0.0624. The van der Waals surface area contributed by atoms with Crippen LogP contribution in [0.1, 0.15) is 162 Å². The maximum Gasteiger partial charge on any atom is 0.334 e. The van der Waals surface area contributed by atoms with Crippen LogP contribution >= 0.6 is 0 Å². The maximum absolute atomic E-state index is 11.6. The molecule has 0 aromatic rings. The molecule has 7 heteroatoms. The molecule has 0 unspecified atom stereocenters. The van der Waals surface area contributed by atoms with E-state index < -0.39 is 24.4 Å². The highest BCUT2D eigenvalue weighted by molar-refractivity contribution is 5.90. The average molecular weight is 597 g/mol. The molecular weight excluding hydrogens is 532 g/mol. The van der Waals surface area contributed by atoms with Gasteiger partial charge in [-0.1, -0.05) is 103 Å². The van der Waals surface area contributed by atoms with E-state index in [4.69, 9.17) is 9.47 Å². The van der Waals surface area contributed by atoms with Gasteiger partial charge in [0.05, 0.1) is 36.6 Å². The first-order valence-corrected chi connectivity index (χ1v) is 17.6. The van der Waals surface area contributed by atoms with E-state index in [1.807, 2.05) is 13.0 Å². The Morgan fingerprint density at radius 2 is 1.31 bits per heavy atom. The number of hydrogen-bond donors (Lipinski definition) is 4. The highest BCUT2D eigenvalue weighted by Crippen LogP contribution is 2.28. The number of aliphatic hydroxyl groups is 4. The summed E-state index contributed by atoms with van der Waals surface area (Å²) in [4.78, 5) is 11.6. The zero-order valence-corrected chi connectivity index (χ0v) is 26.9. The van der Waals surface area contributed by atoms with Crippen molar-refractivity contribution in [1.29, 1.82) is 0 Å². The fourth-order valence-corrected chi connectivity index (χ4v) is 6.40. The number of hydrogen-bond acceptors (Lipinski definition) is 7. The van der Waals surface area contributed by atoms with E-state index in [2.05, 4.69) is 6.92 Å². The van der Waals surface area contributed by atoms with E-state index in [-0.39, 0.29) is 24.3 Å². The van der Waals surface area contributed by atoms with Crippen LogP contribution in [0.15, 0.2) is 11.6 Å². The molecule has 7 atom stereocenters. The number of carbonyl (C=O) groups excluding carboxylic acids is 1. The molecule has 2 rings (SSSR count). The van der Waals surface area contributed by atoms with Crippen molar-refractivity contribution in [2.45, 2.75) is 204 Å². The first-order chi connectivity index (χ1) is 20.3. The fraction of sp³-hybridized carbons (Fsp3) is 0.914. The third-order valence-corrected chi connectivity index (χ3v) is 9.14. The number of unbranched alkanes of at least 4 members (excludes halogenated alkanes) is 13. The van der Waals surface area contributed by atoms with Crippen molar-refractivity contribution < 1.29 is 34.7 Å². The number of aliphatic hydroxyl groups excluding tert-OH is 4. The molecule has 246 valence electrons. The number of cyclic esters (lactones) is 1. The Kier molecular flexibility index (Phi) is 19.9. The van der Waals surface area contributed by atoms with Crippen LogP contribution in [-0.4, -0.2) is 69.1 Å². The van der Waals surface area contributed by atoms with Crippen molar-refractivity contribution in [1.82, 2.24) is 0 Å². The lowest BCUT2D eigenvalue weighted by molar-refractivity contribution is -0.139. The molecule has 0 bridgehead atoms. The van der Waals surface area contributed by atoms with Crippen molar-refractivity contribution in [2.24, 2.45) is 0 Å². The molecule has 2 aliphatic heterocycles. The SMILES string of the molecule is CCCCCCC[C@H](O)[C@H](O)CC[C@H](O)[C@@H]1CC[C@@H](CCCCCCCCCCCC[C@@H](O)CC2=C[C@H](C)OC2=O)O1. The Bertz CT molecular complexity index is 726. The fourth-order valence-electron chi connectivity index (χ4n) is 6.40. The van der Waals surface area contributed by atoms with Crippen LogP contribution in [0.25, 0.3) is 0 Å². The van der Waals surface area contributed by atoms with Crippen LogP contribution in [0.4, 0.5) is 0 Å². The number of ether oxygens (including phenoxy) is 2.